The van der Waals surface area contributed by atoms with E-state index >= 15 is 0 Å². The van der Waals surface area contributed by atoms with Crippen LogP contribution in [0.5, 0.6) is 0 Å². The van der Waals surface area contributed by atoms with Crippen molar-refractivity contribution in [3.05, 3.63) is 47.7 Å². The summed E-state index contributed by atoms with van der Waals surface area (Å²) in [6.45, 7) is 0. The normalized spacial score (nSPS) is 10.8. The van der Waals surface area contributed by atoms with Gasteiger partial charge in [0.2, 0.25) is 0 Å². The first kappa shape index (κ1) is 9.30. The third kappa shape index (κ3) is 1.35. The molecule has 3 aromatic heterocycles. The van der Waals surface area contributed by atoms with Crippen LogP contribution in [0.3, 0.4) is 0 Å². The molecule has 0 radical (unpaired) electrons. The second-order valence-electron chi connectivity index (χ2n) is 3.29. The van der Waals surface area contributed by atoms with E-state index in [0.29, 0.717) is 16.5 Å². The van der Waals surface area contributed by atoms with Crippen LogP contribution in [0.4, 0.5) is 0 Å². The summed E-state index contributed by atoms with van der Waals surface area (Å²) in [6.07, 6.45) is 3.59. The van der Waals surface area contributed by atoms with E-state index in [0.717, 1.165) is 5.69 Å². The van der Waals surface area contributed by atoms with Crippen LogP contribution in [0.1, 0.15) is 0 Å². The molecule has 0 spiro atoms. The Balaban J connectivity index is 2.30. The maximum absolute atomic E-state index is 6.01. The summed E-state index contributed by atoms with van der Waals surface area (Å²) in [5.74, 6) is 0.693. The molecule has 0 N–H and O–H groups in total. The van der Waals surface area contributed by atoms with E-state index in [1.54, 1.807) is 12.3 Å². The lowest BCUT2D eigenvalue weighted by Crippen LogP contribution is -1.90. The molecule has 5 heteroatoms. The van der Waals surface area contributed by atoms with Crippen molar-refractivity contribution >= 4 is 17.2 Å². The second-order valence-corrected chi connectivity index (χ2v) is 3.70. The fraction of sp³-hybridized carbons (Fsp3) is 0. The zero-order chi connectivity index (χ0) is 11.0. The van der Waals surface area contributed by atoms with Crippen molar-refractivity contribution in [1.29, 1.82) is 0 Å². The molecule has 0 saturated heterocycles. The molecule has 3 heterocycles. The average molecular weight is 231 g/mol. The third-order valence-corrected chi connectivity index (χ3v) is 2.58. The lowest BCUT2D eigenvalue weighted by molar-refractivity contribution is 1.09. The Kier molecular flexibility index (Phi) is 2.08. The number of pyridine rings is 2. The summed E-state index contributed by atoms with van der Waals surface area (Å²) in [5, 5.41) is 8.71. The summed E-state index contributed by atoms with van der Waals surface area (Å²) < 4.78 is 1.82. The van der Waals surface area contributed by atoms with Gasteiger partial charge >= 0.3 is 0 Å². The van der Waals surface area contributed by atoms with Gasteiger partial charge in [0.05, 0.1) is 5.02 Å². The molecule has 16 heavy (non-hydrogen) atoms. The molecule has 4 nitrogen and oxygen atoms in total. The van der Waals surface area contributed by atoms with Gasteiger partial charge in [-0.25, -0.2) is 0 Å². The third-order valence-electron chi connectivity index (χ3n) is 2.28. The monoisotopic (exact) mass is 230 g/mol. The van der Waals surface area contributed by atoms with Crippen LogP contribution in [0, 0.1) is 0 Å². The van der Waals surface area contributed by atoms with E-state index in [4.69, 9.17) is 11.6 Å². The van der Waals surface area contributed by atoms with E-state index in [-0.39, 0.29) is 0 Å². The van der Waals surface area contributed by atoms with Gasteiger partial charge in [0.15, 0.2) is 11.5 Å². The van der Waals surface area contributed by atoms with Crippen LogP contribution in [0.2, 0.25) is 5.02 Å². The van der Waals surface area contributed by atoms with Crippen molar-refractivity contribution in [2.75, 3.05) is 0 Å². The molecule has 0 fully saturated rings. The van der Waals surface area contributed by atoms with E-state index in [9.17, 15) is 0 Å². The topological polar surface area (TPSA) is 43.1 Å². The number of rotatable bonds is 1. The molecule has 0 unspecified atom stereocenters. The number of nitrogens with zero attached hydrogens (tertiary/aromatic N) is 4. The SMILES string of the molecule is Clc1cccn2c(-c3ccccn3)nnc12. The standard InChI is InChI=1S/C11H7ClN4/c12-8-4-3-7-16-10(8)14-15-11(16)9-5-1-2-6-13-9/h1-7H. The lowest BCUT2D eigenvalue weighted by atomic mass is 10.3. The van der Waals surface area contributed by atoms with E-state index in [2.05, 4.69) is 15.2 Å². The Morgan fingerprint density at radius 2 is 2.00 bits per heavy atom. The van der Waals surface area contributed by atoms with Crippen molar-refractivity contribution in [3.8, 4) is 11.5 Å². The summed E-state index contributed by atoms with van der Waals surface area (Å²) in [5.41, 5.74) is 1.42. The lowest BCUT2D eigenvalue weighted by Gasteiger charge is -1.98. The summed E-state index contributed by atoms with van der Waals surface area (Å²) in [4.78, 5) is 4.23. The molecule has 0 saturated carbocycles. The first-order chi connectivity index (χ1) is 7.86. The number of halogens is 1. The fourth-order valence-corrected chi connectivity index (χ4v) is 1.75. The minimum absolute atomic E-state index is 0.581. The number of hydrogen-bond acceptors (Lipinski definition) is 3. The van der Waals surface area contributed by atoms with Gasteiger partial charge in [-0.1, -0.05) is 17.7 Å². The molecule has 0 aromatic carbocycles. The van der Waals surface area contributed by atoms with Crippen molar-refractivity contribution in [2.45, 2.75) is 0 Å². The molecule has 78 valence electrons. The molecular weight excluding hydrogens is 224 g/mol. The van der Waals surface area contributed by atoms with Crippen molar-refractivity contribution in [1.82, 2.24) is 19.6 Å². The van der Waals surface area contributed by atoms with Gasteiger partial charge in [-0.2, -0.15) is 0 Å². The first-order valence-corrected chi connectivity index (χ1v) is 5.15. The molecular formula is C11H7ClN4. The summed E-state index contributed by atoms with van der Waals surface area (Å²) in [7, 11) is 0. The van der Waals surface area contributed by atoms with Gasteiger partial charge < -0.3 is 0 Å². The van der Waals surface area contributed by atoms with Crippen LogP contribution in [0.25, 0.3) is 17.2 Å². The highest BCUT2D eigenvalue weighted by atomic mass is 35.5. The van der Waals surface area contributed by atoms with Crippen molar-refractivity contribution in [2.24, 2.45) is 0 Å². The largest absolute Gasteiger partial charge is 0.280 e. The van der Waals surface area contributed by atoms with Crippen molar-refractivity contribution < 1.29 is 0 Å². The van der Waals surface area contributed by atoms with E-state index < -0.39 is 0 Å². The quantitative estimate of drug-likeness (QED) is 0.645. The smallest absolute Gasteiger partial charge is 0.187 e. The number of hydrogen-bond donors (Lipinski definition) is 0. The minimum Gasteiger partial charge on any atom is -0.280 e. The van der Waals surface area contributed by atoms with Crippen LogP contribution in [0.15, 0.2) is 42.7 Å². The summed E-state index contributed by atoms with van der Waals surface area (Å²) >= 11 is 6.01. The van der Waals surface area contributed by atoms with Gasteiger partial charge in [-0.05, 0) is 24.3 Å². The van der Waals surface area contributed by atoms with Crippen LogP contribution in [-0.4, -0.2) is 19.6 Å². The molecule has 0 atom stereocenters. The molecule has 3 rings (SSSR count). The second kappa shape index (κ2) is 3.57. The number of fused-ring (bicyclic) bond motifs is 1. The molecule has 0 aliphatic heterocycles. The highest BCUT2D eigenvalue weighted by Crippen LogP contribution is 2.20. The van der Waals surface area contributed by atoms with E-state index in [1.165, 1.54) is 0 Å². The average Bonchev–Trinajstić information content (AvgIpc) is 2.75. The van der Waals surface area contributed by atoms with Gasteiger partial charge in [0.25, 0.3) is 0 Å². The maximum Gasteiger partial charge on any atom is 0.187 e. The molecule has 0 bridgehead atoms. The number of aromatic nitrogens is 4. The predicted molar refractivity (Wildman–Crippen MR) is 61.2 cm³/mol. The van der Waals surface area contributed by atoms with Crippen LogP contribution in [-0.2, 0) is 0 Å². The minimum atomic E-state index is 0.581. The Labute approximate surface area is 96.5 Å². The van der Waals surface area contributed by atoms with Gasteiger partial charge in [-0.15, -0.1) is 10.2 Å². The van der Waals surface area contributed by atoms with Crippen LogP contribution >= 0.6 is 11.6 Å². The van der Waals surface area contributed by atoms with Gasteiger partial charge in [-0.3, -0.25) is 9.38 Å². The Bertz CT molecular complexity index is 633. The van der Waals surface area contributed by atoms with Gasteiger partial charge in [0, 0.05) is 12.4 Å². The van der Waals surface area contributed by atoms with Crippen molar-refractivity contribution in [3.63, 3.8) is 0 Å². The Morgan fingerprint density at radius 1 is 1.06 bits per heavy atom. The Hall–Kier alpha value is -1.94. The van der Waals surface area contributed by atoms with E-state index in [1.807, 2.05) is 34.9 Å². The highest BCUT2D eigenvalue weighted by molar-refractivity contribution is 6.33. The maximum atomic E-state index is 6.01. The zero-order valence-electron chi connectivity index (χ0n) is 8.21. The van der Waals surface area contributed by atoms with Crippen LogP contribution < -0.4 is 0 Å². The Morgan fingerprint density at radius 3 is 2.81 bits per heavy atom. The molecule has 0 amide bonds. The first-order valence-electron chi connectivity index (χ1n) is 4.77. The molecule has 3 aromatic rings. The fourth-order valence-electron chi connectivity index (χ4n) is 1.55. The molecule has 0 aliphatic rings. The molecule has 0 aliphatic carbocycles. The van der Waals surface area contributed by atoms with Gasteiger partial charge in [0.1, 0.15) is 5.69 Å². The highest BCUT2D eigenvalue weighted by Gasteiger charge is 2.09. The summed E-state index contributed by atoms with van der Waals surface area (Å²) in [6, 6.07) is 9.30. The zero-order valence-corrected chi connectivity index (χ0v) is 8.96. The predicted octanol–water partition coefficient (Wildman–Crippen LogP) is 2.44.